The maximum Gasteiger partial charge on any atom is 0.308 e. The summed E-state index contributed by atoms with van der Waals surface area (Å²) in [5.41, 5.74) is 0.926. The molecule has 1 aliphatic rings. The number of carboxylic acid groups (broad SMARTS) is 1. The Morgan fingerprint density at radius 3 is 2.70 bits per heavy atom. The van der Waals surface area contributed by atoms with Crippen molar-refractivity contribution in [2.75, 3.05) is 26.8 Å². The molecular formula is C17H23NO5. The summed E-state index contributed by atoms with van der Waals surface area (Å²) in [4.78, 5) is 25.0. The first kappa shape index (κ1) is 17.1. The van der Waals surface area contributed by atoms with E-state index in [0.717, 1.165) is 11.3 Å². The van der Waals surface area contributed by atoms with E-state index in [4.69, 9.17) is 14.6 Å². The van der Waals surface area contributed by atoms with E-state index in [1.807, 2.05) is 19.9 Å². The molecule has 6 nitrogen and oxygen atoms in total. The van der Waals surface area contributed by atoms with E-state index in [1.165, 1.54) is 0 Å². The maximum atomic E-state index is 12.3. The normalized spacial score (nSPS) is 20.9. The molecule has 0 aliphatic carbocycles. The van der Waals surface area contributed by atoms with E-state index in [0.29, 0.717) is 18.7 Å². The van der Waals surface area contributed by atoms with Gasteiger partial charge in [0.05, 0.1) is 13.0 Å². The highest BCUT2D eigenvalue weighted by Crippen LogP contribution is 2.24. The number of ether oxygens (including phenoxy) is 2. The largest absolute Gasteiger partial charge is 0.496 e. The van der Waals surface area contributed by atoms with Gasteiger partial charge in [0, 0.05) is 13.1 Å². The third kappa shape index (κ3) is 4.37. The van der Waals surface area contributed by atoms with E-state index in [2.05, 4.69) is 0 Å². The van der Waals surface area contributed by atoms with Gasteiger partial charge in [0.1, 0.15) is 11.5 Å². The Bertz CT molecular complexity index is 586. The molecule has 0 bridgehead atoms. The van der Waals surface area contributed by atoms with Crippen molar-refractivity contribution in [3.63, 3.8) is 0 Å². The van der Waals surface area contributed by atoms with Crippen molar-refractivity contribution >= 4 is 11.9 Å². The minimum Gasteiger partial charge on any atom is -0.496 e. The predicted molar refractivity (Wildman–Crippen MR) is 84.7 cm³/mol. The van der Waals surface area contributed by atoms with Crippen molar-refractivity contribution in [3.05, 3.63) is 23.8 Å². The number of benzene rings is 1. The molecule has 6 heteroatoms. The van der Waals surface area contributed by atoms with Crippen LogP contribution in [-0.2, 0) is 9.59 Å². The molecule has 1 aromatic carbocycles. The van der Waals surface area contributed by atoms with Gasteiger partial charge in [-0.1, -0.05) is 6.92 Å². The summed E-state index contributed by atoms with van der Waals surface area (Å²) >= 11 is 0. The molecule has 0 saturated carbocycles. The number of carbonyl (C=O) groups is 2. The summed E-state index contributed by atoms with van der Waals surface area (Å²) in [6.45, 7) is 4.60. The van der Waals surface area contributed by atoms with Crippen LogP contribution in [0.4, 0.5) is 0 Å². The first-order valence-electron chi connectivity index (χ1n) is 7.68. The van der Waals surface area contributed by atoms with Crippen molar-refractivity contribution in [2.45, 2.75) is 20.3 Å². The number of likely N-dealkylation sites (tertiary alicyclic amines) is 1. The van der Waals surface area contributed by atoms with Crippen molar-refractivity contribution in [1.82, 2.24) is 4.90 Å². The number of aryl methyl sites for hydroxylation is 1. The number of rotatable bonds is 5. The Hall–Kier alpha value is -2.24. The topological polar surface area (TPSA) is 76.1 Å². The van der Waals surface area contributed by atoms with Crippen LogP contribution < -0.4 is 9.47 Å². The maximum absolute atomic E-state index is 12.3. The summed E-state index contributed by atoms with van der Waals surface area (Å²) in [6.07, 6.45) is 0.609. The quantitative estimate of drug-likeness (QED) is 0.897. The fourth-order valence-electron chi connectivity index (χ4n) is 2.91. The van der Waals surface area contributed by atoms with Crippen LogP contribution in [0.3, 0.4) is 0 Å². The Labute approximate surface area is 136 Å². The monoisotopic (exact) mass is 321 g/mol. The zero-order chi connectivity index (χ0) is 17.0. The molecule has 1 heterocycles. The van der Waals surface area contributed by atoms with E-state index in [1.54, 1.807) is 24.1 Å². The molecule has 1 aliphatic heterocycles. The van der Waals surface area contributed by atoms with Gasteiger partial charge < -0.3 is 19.5 Å². The molecule has 0 spiro atoms. The first-order valence-corrected chi connectivity index (χ1v) is 7.68. The number of carbonyl (C=O) groups excluding carboxylic acids is 1. The summed E-state index contributed by atoms with van der Waals surface area (Å²) in [7, 11) is 1.60. The molecule has 23 heavy (non-hydrogen) atoms. The Morgan fingerprint density at radius 1 is 1.35 bits per heavy atom. The second kappa shape index (κ2) is 7.35. The van der Waals surface area contributed by atoms with Crippen LogP contribution in [0.2, 0.25) is 0 Å². The van der Waals surface area contributed by atoms with Crippen LogP contribution >= 0.6 is 0 Å². The van der Waals surface area contributed by atoms with Gasteiger partial charge in [-0.2, -0.15) is 0 Å². The number of aliphatic carboxylic acids is 1. The molecule has 1 saturated heterocycles. The number of hydrogen-bond acceptors (Lipinski definition) is 4. The Kier molecular flexibility index (Phi) is 5.47. The van der Waals surface area contributed by atoms with E-state index in [9.17, 15) is 9.59 Å². The van der Waals surface area contributed by atoms with Crippen LogP contribution in [-0.4, -0.2) is 48.7 Å². The third-order valence-electron chi connectivity index (χ3n) is 4.09. The van der Waals surface area contributed by atoms with Crippen LogP contribution in [0, 0.1) is 18.8 Å². The molecule has 0 aromatic heterocycles. The highest BCUT2D eigenvalue weighted by Gasteiger charge is 2.31. The molecule has 0 radical (unpaired) electrons. The lowest BCUT2D eigenvalue weighted by molar-refractivity contribution is -0.147. The van der Waals surface area contributed by atoms with E-state index >= 15 is 0 Å². The van der Waals surface area contributed by atoms with Crippen LogP contribution in [0.1, 0.15) is 18.9 Å². The van der Waals surface area contributed by atoms with Crippen molar-refractivity contribution in [2.24, 2.45) is 11.8 Å². The standard InChI is InChI=1S/C17H23NO5/c1-11-6-13(17(20)21)9-18(8-11)16(19)10-23-14-4-5-15(22-3)12(2)7-14/h4-5,7,11,13H,6,8-10H2,1-3H3,(H,20,21). The average Bonchev–Trinajstić information content (AvgIpc) is 2.52. The number of hydrogen-bond donors (Lipinski definition) is 1. The van der Waals surface area contributed by atoms with Gasteiger partial charge in [0.15, 0.2) is 6.61 Å². The third-order valence-corrected chi connectivity index (χ3v) is 4.09. The SMILES string of the molecule is COc1ccc(OCC(=O)N2CC(C)CC(C(=O)O)C2)cc1C. The molecule has 1 fully saturated rings. The van der Waals surface area contributed by atoms with Crippen molar-refractivity contribution < 1.29 is 24.2 Å². The predicted octanol–water partition coefficient (Wildman–Crippen LogP) is 1.95. The minimum atomic E-state index is -0.846. The molecule has 1 aromatic rings. The van der Waals surface area contributed by atoms with Crippen molar-refractivity contribution in [1.29, 1.82) is 0 Å². The number of carboxylic acids is 1. The summed E-state index contributed by atoms with van der Waals surface area (Å²) in [5.74, 6) is 0.00889. The molecule has 1 amide bonds. The summed E-state index contributed by atoms with van der Waals surface area (Å²) in [5, 5.41) is 9.16. The van der Waals surface area contributed by atoms with Gasteiger partial charge in [-0.3, -0.25) is 9.59 Å². The number of methoxy groups -OCH3 is 1. The van der Waals surface area contributed by atoms with Gasteiger partial charge in [0.2, 0.25) is 0 Å². The number of amides is 1. The Balaban J connectivity index is 1.93. The van der Waals surface area contributed by atoms with E-state index in [-0.39, 0.29) is 25.0 Å². The van der Waals surface area contributed by atoms with Crippen LogP contribution in [0.15, 0.2) is 18.2 Å². The average molecular weight is 321 g/mol. The highest BCUT2D eigenvalue weighted by molar-refractivity contribution is 5.79. The molecule has 2 atom stereocenters. The van der Waals surface area contributed by atoms with Crippen molar-refractivity contribution in [3.8, 4) is 11.5 Å². The highest BCUT2D eigenvalue weighted by atomic mass is 16.5. The summed E-state index contributed by atoms with van der Waals surface area (Å²) < 4.78 is 10.7. The van der Waals surface area contributed by atoms with Gasteiger partial charge in [0.25, 0.3) is 5.91 Å². The number of nitrogens with zero attached hydrogens (tertiary/aromatic N) is 1. The van der Waals surface area contributed by atoms with Crippen LogP contribution in [0.5, 0.6) is 11.5 Å². The lowest BCUT2D eigenvalue weighted by Crippen LogP contribution is -2.47. The van der Waals surface area contributed by atoms with Crippen LogP contribution in [0.25, 0.3) is 0 Å². The van der Waals surface area contributed by atoms with Gasteiger partial charge in [-0.15, -0.1) is 0 Å². The minimum absolute atomic E-state index is 0.0924. The van der Waals surface area contributed by atoms with E-state index < -0.39 is 11.9 Å². The molecular weight excluding hydrogens is 298 g/mol. The second-order valence-electron chi connectivity index (χ2n) is 6.09. The van der Waals surface area contributed by atoms with Gasteiger partial charge in [-0.25, -0.2) is 0 Å². The smallest absolute Gasteiger partial charge is 0.308 e. The number of piperidine rings is 1. The molecule has 2 rings (SSSR count). The molecule has 126 valence electrons. The zero-order valence-corrected chi connectivity index (χ0v) is 13.7. The van der Waals surface area contributed by atoms with Gasteiger partial charge >= 0.3 is 5.97 Å². The fraction of sp³-hybridized carbons (Fsp3) is 0.529. The fourth-order valence-corrected chi connectivity index (χ4v) is 2.91. The first-order chi connectivity index (χ1) is 10.9. The molecule has 2 unspecified atom stereocenters. The zero-order valence-electron chi connectivity index (χ0n) is 13.7. The lowest BCUT2D eigenvalue weighted by atomic mass is 9.90. The molecule has 1 N–H and O–H groups in total. The van der Waals surface area contributed by atoms with Gasteiger partial charge in [-0.05, 0) is 43.0 Å². The second-order valence-corrected chi connectivity index (χ2v) is 6.09. The Morgan fingerprint density at radius 2 is 2.09 bits per heavy atom. The lowest BCUT2D eigenvalue weighted by Gasteiger charge is -2.34. The summed E-state index contributed by atoms with van der Waals surface area (Å²) in [6, 6.07) is 5.35.